The van der Waals surface area contributed by atoms with Gasteiger partial charge in [-0.3, -0.25) is 0 Å². The average Bonchev–Trinajstić information content (AvgIpc) is 2.38. The zero-order valence-corrected chi connectivity index (χ0v) is 10.9. The van der Waals surface area contributed by atoms with E-state index in [4.69, 9.17) is 0 Å². The first-order chi connectivity index (χ1) is 8.26. The van der Waals surface area contributed by atoms with Gasteiger partial charge in [-0.05, 0) is 38.7 Å². The zero-order chi connectivity index (χ0) is 12.3. The predicted molar refractivity (Wildman–Crippen MR) is 72.4 cm³/mol. The van der Waals surface area contributed by atoms with Crippen molar-refractivity contribution < 1.29 is 5.11 Å². The quantitative estimate of drug-likeness (QED) is 0.866. The van der Waals surface area contributed by atoms with Gasteiger partial charge in [-0.25, -0.2) is 0 Å². The third-order valence-corrected chi connectivity index (χ3v) is 3.81. The molecular formula is C15H23NO. The summed E-state index contributed by atoms with van der Waals surface area (Å²) in [6.07, 6.45) is 5.10. The van der Waals surface area contributed by atoms with Crippen LogP contribution in [0.15, 0.2) is 18.2 Å². The maximum absolute atomic E-state index is 9.51. The molecule has 0 radical (unpaired) electrons. The molecule has 17 heavy (non-hydrogen) atoms. The second kappa shape index (κ2) is 5.54. The minimum atomic E-state index is 0.143. The first kappa shape index (κ1) is 12.4. The summed E-state index contributed by atoms with van der Waals surface area (Å²) in [6.45, 7) is 5.62. The molecule has 1 fully saturated rings. The third kappa shape index (κ3) is 2.63. The van der Waals surface area contributed by atoms with Crippen LogP contribution in [0.25, 0.3) is 0 Å². The monoisotopic (exact) mass is 233 g/mol. The molecule has 0 amide bonds. The van der Waals surface area contributed by atoms with Crippen LogP contribution in [0.1, 0.15) is 43.7 Å². The number of aryl methyl sites for hydroxylation is 1. The van der Waals surface area contributed by atoms with Gasteiger partial charge < -0.3 is 10.0 Å². The van der Waals surface area contributed by atoms with E-state index in [1.807, 2.05) is 0 Å². The first-order valence-electron chi connectivity index (χ1n) is 6.73. The SMILES string of the molecule is CCC1CCCCN1c1ccc(C)cc1CO. The number of piperidine rings is 1. The molecule has 1 atom stereocenters. The number of anilines is 1. The number of hydrogen-bond acceptors (Lipinski definition) is 2. The van der Waals surface area contributed by atoms with Crippen LogP contribution in [0.5, 0.6) is 0 Å². The Morgan fingerprint density at radius 1 is 1.35 bits per heavy atom. The van der Waals surface area contributed by atoms with Crippen molar-refractivity contribution in [2.24, 2.45) is 0 Å². The lowest BCUT2D eigenvalue weighted by molar-refractivity contribution is 0.281. The molecule has 1 aromatic rings. The molecule has 1 saturated heterocycles. The molecule has 1 aromatic carbocycles. The molecule has 1 aliphatic rings. The molecule has 2 rings (SSSR count). The van der Waals surface area contributed by atoms with Crippen LogP contribution in [0.4, 0.5) is 5.69 Å². The van der Waals surface area contributed by atoms with Crippen molar-refractivity contribution in [2.45, 2.75) is 52.2 Å². The molecule has 1 unspecified atom stereocenters. The van der Waals surface area contributed by atoms with E-state index < -0.39 is 0 Å². The van der Waals surface area contributed by atoms with E-state index in [9.17, 15) is 5.11 Å². The molecule has 0 saturated carbocycles. The summed E-state index contributed by atoms with van der Waals surface area (Å²) < 4.78 is 0. The number of benzene rings is 1. The smallest absolute Gasteiger partial charge is 0.0702 e. The van der Waals surface area contributed by atoms with E-state index in [2.05, 4.69) is 36.9 Å². The van der Waals surface area contributed by atoms with Crippen LogP contribution >= 0.6 is 0 Å². The van der Waals surface area contributed by atoms with Crippen molar-refractivity contribution in [1.82, 2.24) is 0 Å². The minimum absolute atomic E-state index is 0.143. The Bertz CT molecular complexity index is 375. The Labute approximate surface area is 104 Å². The maximum Gasteiger partial charge on any atom is 0.0702 e. The Morgan fingerprint density at radius 2 is 2.18 bits per heavy atom. The summed E-state index contributed by atoms with van der Waals surface area (Å²) in [4.78, 5) is 2.49. The highest BCUT2D eigenvalue weighted by Gasteiger charge is 2.22. The highest BCUT2D eigenvalue weighted by molar-refractivity contribution is 5.55. The molecule has 1 N–H and O–H groups in total. The fourth-order valence-corrected chi connectivity index (χ4v) is 2.86. The van der Waals surface area contributed by atoms with Crippen molar-refractivity contribution in [3.05, 3.63) is 29.3 Å². The lowest BCUT2D eigenvalue weighted by Gasteiger charge is -2.38. The van der Waals surface area contributed by atoms with E-state index in [1.165, 1.54) is 36.9 Å². The fourth-order valence-electron chi connectivity index (χ4n) is 2.86. The largest absolute Gasteiger partial charge is 0.392 e. The Hall–Kier alpha value is -1.02. The lowest BCUT2D eigenvalue weighted by Crippen LogP contribution is -2.39. The molecule has 94 valence electrons. The van der Waals surface area contributed by atoms with E-state index in [0.29, 0.717) is 6.04 Å². The van der Waals surface area contributed by atoms with E-state index >= 15 is 0 Å². The van der Waals surface area contributed by atoms with Gasteiger partial charge in [0.05, 0.1) is 6.61 Å². The van der Waals surface area contributed by atoms with Crippen LogP contribution in [0.3, 0.4) is 0 Å². The summed E-state index contributed by atoms with van der Waals surface area (Å²) >= 11 is 0. The van der Waals surface area contributed by atoms with Crippen molar-refractivity contribution in [1.29, 1.82) is 0 Å². The maximum atomic E-state index is 9.51. The molecule has 0 aliphatic carbocycles. The van der Waals surface area contributed by atoms with Crippen LogP contribution in [-0.4, -0.2) is 17.7 Å². The standard InChI is InChI=1S/C15H23NO/c1-3-14-6-4-5-9-16(14)15-8-7-12(2)10-13(15)11-17/h7-8,10,14,17H,3-6,9,11H2,1-2H3. The predicted octanol–water partition coefficient (Wildman–Crippen LogP) is 3.26. The van der Waals surface area contributed by atoms with Crippen LogP contribution < -0.4 is 4.90 Å². The summed E-state index contributed by atoms with van der Waals surface area (Å²) in [5.41, 5.74) is 3.54. The highest BCUT2D eigenvalue weighted by atomic mass is 16.3. The zero-order valence-electron chi connectivity index (χ0n) is 10.9. The molecule has 0 aromatic heterocycles. The molecule has 1 heterocycles. The van der Waals surface area contributed by atoms with Gasteiger partial charge in [0.25, 0.3) is 0 Å². The average molecular weight is 233 g/mol. The van der Waals surface area contributed by atoms with Crippen molar-refractivity contribution >= 4 is 5.69 Å². The van der Waals surface area contributed by atoms with E-state index in [-0.39, 0.29) is 6.61 Å². The fraction of sp³-hybridized carbons (Fsp3) is 0.600. The van der Waals surface area contributed by atoms with Crippen LogP contribution in [0, 0.1) is 6.92 Å². The van der Waals surface area contributed by atoms with Gasteiger partial charge >= 0.3 is 0 Å². The highest BCUT2D eigenvalue weighted by Crippen LogP contribution is 2.30. The number of aliphatic hydroxyl groups is 1. The lowest BCUT2D eigenvalue weighted by atomic mass is 9.97. The summed E-state index contributed by atoms with van der Waals surface area (Å²) in [7, 11) is 0. The minimum Gasteiger partial charge on any atom is -0.392 e. The van der Waals surface area contributed by atoms with Gasteiger partial charge in [-0.2, -0.15) is 0 Å². The number of rotatable bonds is 3. The molecule has 2 nitrogen and oxygen atoms in total. The molecular weight excluding hydrogens is 210 g/mol. The van der Waals surface area contributed by atoms with E-state index in [0.717, 1.165) is 12.1 Å². The van der Waals surface area contributed by atoms with Crippen molar-refractivity contribution in [3.63, 3.8) is 0 Å². The van der Waals surface area contributed by atoms with E-state index in [1.54, 1.807) is 0 Å². The van der Waals surface area contributed by atoms with Gasteiger partial charge in [0, 0.05) is 23.8 Å². The second-order valence-electron chi connectivity index (χ2n) is 5.04. The van der Waals surface area contributed by atoms with Gasteiger partial charge in [0.15, 0.2) is 0 Å². The summed E-state index contributed by atoms with van der Waals surface area (Å²) in [6, 6.07) is 7.08. The van der Waals surface area contributed by atoms with Crippen molar-refractivity contribution in [3.8, 4) is 0 Å². The van der Waals surface area contributed by atoms with Crippen LogP contribution in [-0.2, 0) is 6.61 Å². The van der Waals surface area contributed by atoms with Gasteiger partial charge in [0.2, 0.25) is 0 Å². The molecule has 0 spiro atoms. The normalized spacial score (nSPS) is 20.6. The van der Waals surface area contributed by atoms with Gasteiger partial charge in [0.1, 0.15) is 0 Å². The Morgan fingerprint density at radius 3 is 2.88 bits per heavy atom. The molecule has 2 heteroatoms. The summed E-state index contributed by atoms with van der Waals surface area (Å²) in [5.74, 6) is 0. The molecule has 0 bridgehead atoms. The summed E-state index contributed by atoms with van der Waals surface area (Å²) in [5, 5.41) is 9.51. The topological polar surface area (TPSA) is 23.5 Å². The van der Waals surface area contributed by atoms with Crippen molar-refractivity contribution in [2.75, 3.05) is 11.4 Å². The van der Waals surface area contributed by atoms with Crippen LogP contribution in [0.2, 0.25) is 0 Å². The Kier molecular flexibility index (Phi) is 4.06. The van der Waals surface area contributed by atoms with Gasteiger partial charge in [-0.15, -0.1) is 0 Å². The number of nitrogens with zero attached hydrogens (tertiary/aromatic N) is 1. The molecule has 1 aliphatic heterocycles. The third-order valence-electron chi connectivity index (χ3n) is 3.81. The number of hydrogen-bond donors (Lipinski definition) is 1. The number of aliphatic hydroxyl groups excluding tert-OH is 1. The van der Waals surface area contributed by atoms with Gasteiger partial charge in [-0.1, -0.05) is 24.6 Å². The Balaban J connectivity index is 2.30. The second-order valence-corrected chi connectivity index (χ2v) is 5.04. The first-order valence-corrected chi connectivity index (χ1v) is 6.73.